The average molecular weight is 289 g/mol. The average Bonchev–Trinajstić information content (AvgIpc) is 2.60. The van der Waals surface area contributed by atoms with E-state index in [-0.39, 0.29) is 0 Å². The highest BCUT2D eigenvalue weighted by Gasteiger charge is 2.13. The van der Waals surface area contributed by atoms with Crippen LogP contribution in [0.4, 0.5) is 0 Å². The molecule has 0 spiro atoms. The van der Waals surface area contributed by atoms with E-state index in [9.17, 15) is 0 Å². The van der Waals surface area contributed by atoms with Gasteiger partial charge in [0.05, 0.1) is 11.2 Å². The van der Waals surface area contributed by atoms with Gasteiger partial charge in [0.25, 0.3) is 0 Å². The van der Waals surface area contributed by atoms with E-state index in [2.05, 4.69) is 17.1 Å². The molecule has 1 aliphatic heterocycles. The molecule has 0 atom stereocenters. The molecule has 2 heterocycles. The first-order valence-corrected chi connectivity index (χ1v) is 7.33. The van der Waals surface area contributed by atoms with Crippen LogP contribution in [0.2, 0.25) is 0 Å². The van der Waals surface area contributed by atoms with Gasteiger partial charge >= 0.3 is 0 Å². The quantitative estimate of drug-likeness (QED) is 0.709. The monoisotopic (exact) mass is 289 g/mol. The van der Waals surface area contributed by atoms with Gasteiger partial charge in [0, 0.05) is 10.9 Å². The summed E-state index contributed by atoms with van der Waals surface area (Å²) in [6.45, 7) is 1.19. The van der Waals surface area contributed by atoms with Crippen molar-refractivity contribution in [3.8, 4) is 11.5 Å². The van der Waals surface area contributed by atoms with Gasteiger partial charge in [0.1, 0.15) is 13.2 Å². The largest absolute Gasteiger partial charge is 0.486 e. The molecule has 3 aromatic rings. The highest BCUT2D eigenvalue weighted by Crippen LogP contribution is 2.34. The van der Waals surface area contributed by atoms with E-state index in [1.165, 1.54) is 0 Å². The van der Waals surface area contributed by atoms with E-state index in [0.717, 1.165) is 33.7 Å². The first-order valence-electron chi connectivity index (χ1n) is 7.33. The minimum absolute atomic E-state index is 0.589. The SMILES string of the molecule is C(=C\c1cccc2c1OCCO2)/c1ccc2ccccc2n1. The fourth-order valence-electron chi connectivity index (χ4n) is 2.58. The lowest BCUT2D eigenvalue weighted by molar-refractivity contribution is 0.171. The van der Waals surface area contributed by atoms with Gasteiger partial charge in [-0.3, -0.25) is 0 Å². The van der Waals surface area contributed by atoms with Crippen molar-refractivity contribution >= 4 is 23.1 Å². The number of hydrogen-bond acceptors (Lipinski definition) is 3. The molecule has 3 nitrogen and oxygen atoms in total. The van der Waals surface area contributed by atoms with Crippen LogP contribution in [0.5, 0.6) is 11.5 Å². The van der Waals surface area contributed by atoms with E-state index in [1.54, 1.807) is 0 Å². The van der Waals surface area contributed by atoms with E-state index < -0.39 is 0 Å². The number of pyridine rings is 1. The predicted octanol–water partition coefficient (Wildman–Crippen LogP) is 4.18. The topological polar surface area (TPSA) is 31.4 Å². The van der Waals surface area contributed by atoms with Crippen molar-refractivity contribution in [2.24, 2.45) is 0 Å². The molecular formula is C19H15NO2. The van der Waals surface area contributed by atoms with Crippen LogP contribution < -0.4 is 9.47 Å². The second kappa shape index (κ2) is 5.53. The number of ether oxygens (including phenoxy) is 2. The lowest BCUT2D eigenvalue weighted by Gasteiger charge is -2.19. The minimum atomic E-state index is 0.589. The first kappa shape index (κ1) is 12.9. The maximum atomic E-state index is 5.72. The van der Waals surface area contributed by atoms with Crippen molar-refractivity contribution in [2.45, 2.75) is 0 Å². The number of rotatable bonds is 2. The summed E-state index contributed by atoms with van der Waals surface area (Å²) >= 11 is 0. The molecule has 0 aliphatic carbocycles. The summed E-state index contributed by atoms with van der Waals surface area (Å²) in [4.78, 5) is 4.64. The Labute approximate surface area is 128 Å². The second-order valence-electron chi connectivity index (χ2n) is 5.13. The van der Waals surface area contributed by atoms with Crippen LogP contribution in [0.1, 0.15) is 11.3 Å². The standard InChI is InChI=1S/C19H15NO2/c1-2-6-17-14(4-1)8-10-16(20-17)11-9-15-5-3-7-18-19(15)22-13-12-21-18/h1-11H,12-13H2/b11-9+. The third-order valence-corrected chi connectivity index (χ3v) is 3.65. The van der Waals surface area contributed by atoms with Gasteiger partial charge in [0.2, 0.25) is 0 Å². The molecule has 0 saturated carbocycles. The Balaban J connectivity index is 1.68. The summed E-state index contributed by atoms with van der Waals surface area (Å²) in [5.41, 5.74) is 2.93. The summed E-state index contributed by atoms with van der Waals surface area (Å²) < 4.78 is 11.3. The van der Waals surface area contributed by atoms with E-state index >= 15 is 0 Å². The number of aromatic nitrogens is 1. The Morgan fingerprint density at radius 3 is 2.73 bits per heavy atom. The molecule has 22 heavy (non-hydrogen) atoms. The summed E-state index contributed by atoms with van der Waals surface area (Å²) in [6, 6.07) is 18.1. The molecule has 4 rings (SSSR count). The first-order chi connectivity index (χ1) is 10.9. The summed E-state index contributed by atoms with van der Waals surface area (Å²) in [7, 11) is 0. The number of nitrogens with zero attached hydrogens (tertiary/aromatic N) is 1. The van der Waals surface area contributed by atoms with Crippen molar-refractivity contribution < 1.29 is 9.47 Å². The van der Waals surface area contributed by atoms with E-state index in [1.807, 2.05) is 54.6 Å². The van der Waals surface area contributed by atoms with E-state index in [0.29, 0.717) is 13.2 Å². The third kappa shape index (κ3) is 2.42. The van der Waals surface area contributed by atoms with Crippen LogP contribution in [-0.2, 0) is 0 Å². The zero-order chi connectivity index (χ0) is 14.8. The van der Waals surface area contributed by atoms with Crippen molar-refractivity contribution in [2.75, 3.05) is 13.2 Å². The normalized spacial score (nSPS) is 13.6. The van der Waals surface area contributed by atoms with E-state index in [4.69, 9.17) is 9.47 Å². The molecule has 0 radical (unpaired) electrons. The van der Waals surface area contributed by atoms with Crippen LogP contribution in [0.25, 0.3) is 23.1 Å². The Bertz CT molecular complexity index is 855. The van der Waals surface area contributed by atoms with Gasteiger partial charge in [-0.1, -0.05) is 36.4 Å². The molecule has 0 N–H and O–H groups in total. The highest BCUT2D eigenvalue weighted by molar-refractivity contribution is 5.81. The van der Waals surface area contributed by atoms with Gasteiger partial charge in [-0.2, -0.15) is 0 Å². The third-order valence-electron chi connectivity index (χ3n) is 3.65. The molecule has 108 valence electrons. The van der Waals surface area contributed by atoms with Crippen LogP contribution in [0, 0.1) is 0 Å². The van der Waals surface area contributed by atoms with Gasteiger partial charge in [-0.25, -0.2) is 4.98 Å². The van der Waals surface area contributed by atoms with Gasteiger partial charge < -0.3 is 9.47 Å². The molecule has 0 fully saturated rings. The molecule has 1 aromatic heterocycles. The molecular weight excluding hydrogens is 274 g/mol. The maximum Gasteiger partial charge on any atom is 0.168 e. The van der Waals surface area contributed by atoms with Crippen LogP contribution in [0.15, 0.2) is 54.6 Å². The van der Waals surface area contributed by atoms with Crippen LogP contribution >= 0.6 is 0 Å². The predicted molar refractivity (Wildman–Crippen MR) is 88.1 cm³/mol. The summed E-state index contributed by atoms with van der Waals surface area (Å²) in [5.74, 6) is 1.62. The Hall–Kier alpha value is -2.81. The van der Waals surface area contributed by atoms with Gasteiger partial charge in [0.15, 0.2) is 11.5 Å². The number of fused-ring (bicyclic) bond motifs is 2. The fraction of sp³-hybridized carbons (Fsp3) is 0.105. The molecule has 0 unspecified atom stereocenters. The summed E-state index contributed by atoms with van der Waals surface area (Å²) in [5, 5.41) is 1.15. The van der Waals surface area contributed by atoms with Gasteiger partial charge in [-0.05, 0) is 30.4 Å². The van der Waals surface area contributed by atoms with Crippen molar-refractivity contribution in [3.05, 3.63) is 65.9 Å². The zero-order valence-electron chi connectivity index (χ0n) is 12.0. The smallest absolute Gasteiger partial charge is 0.168 e. The number of para-hydroxylation sites is 2. The number of benzene rings is 2. The molecule has 2 aromatic carbocycles. The van der Waals surface area contributed by atoms with Crippen LogP contribution in [0.3, 0.4) is 0 Å². The van der Waals surface area contributed by atoms with Crippen LogP contribution in [-0.4, -0.2) is 18.2 Å². The Morgan fingerprint density at radius 2 is 1.73 bits per heavy atom. The molecule has 3 heteroatoms. The second-order valence-corrected chi connectivity index (χ2v) is 5.13. The number of hydrogen-bond donors (Lipinski definition) is 0. The summed E-state index contributed by atoms with van der Waals surface area (Å²) in [6.07, 6.45) is 4.02. The Morgan fingerprint density at radius 1 is 0.818 bits per heavy atom. The minimum Gasteiger partial charge on any atom is -0.486 e. The molecule has 1 aliphatic rings. The van der Waals surface area contributed by atoms with Crippen molar-refractivity contribution in [3.63, 3.8) is 0 Å². The Kier molecular flexibility index (Phi) is 3.24. The van der Waals surface area contributed by atoms with Crippen molar-refractivity contribution in [1.82, 2.24) is 4.98 Å². The maximum absolute atomic E-state index is 5.72. The lowest BCUT2D eigenvalue weighted by Crippen LogP contribution is -2.15. The molecule has 0 amide bonds. The zero-order valence-corrected chi connectivity index (χ0v) is 12.0. The van der Waals surface area contributed by atoms with Crippen molar-refractivity contribution in [1.29, 1.82) is 0 Å². The molecule has 0 bridgehead atoms. The molecule has 0 saturated heterocycles. The van der Waals surface area contributed by atoms with Gasteiger partial charge in [-0.15, -0.1) is 0 Å². The fourth-order valence-corrected chi connectivity index (χ4v) is 2.58. The highest BCUT2D eigenvalue weighted by atomic mass is 16.6. The lowest BCUT2D eigenvalue weighted by atomic mass is 10.1.